The lowest BCUT2D eigenvalue weighted by atomic mass is 9.91. The Bertz CT molecular complexity index is 1260. The molecule has 0 unspecified atom stereocenters. The van der Waals surface area contributed by atoms with Crippen molar-refractivity contribution in [1.29, 1.82) is 0 Å². The van der Waals surface area contributed by atoms with Gasteiger partial charge in [-0.2, -0.15) is 5.10 Å². The first kappa shape index (κ1) is 29.8. The van der Waals surface area contributed by atoms with E-state index < -0.39 is 24.3 Å². The fourth-order valence-corrected chi connectivity index (χ4v) is 5.52. The van der Waals surface area contributed by atoms with Crippen LogP contribution in [-0.2, 0) is 21.3 Å². The monoisotopic (exact) mass is 552 g/mol. The topological polar surface area (TPSA) is 97.1 Å². The Kier molecular flexibility index (Phi) is 9.68. The van der Waals surface area contributed by atoms with E-state index in [-0.39, 0.29) is 24.3 Å². The summed E-state index contributed by atoms with van der Waals surface area (Å²) in [4.78, 5) is 29.8. The second kappa shape index (κ2) is 13.0. The summed E-state index contributed by atoms with van der Waals surface area (Å²) in [7, 11) is 3.97. The molecule has 0 radical (unpaired) electrons. The van der Waals surface area contributed by atoms with Gasteiger partial charge in [0, 0.05) is 44.5 Å². The van der Waals surface area contributed by atoms with E-state index in [1.54, 1.807) is 4.90 Å². The predicted octanol–water partition coefficient (Wildman–Crippen LogP) is 4.32. The molecule has 2 aliphatic rings. The number of aliphatic hydroxyl groups is 1. The van der Waals surface area contributed by atoms with Crippen molar-refractivity contribution in [3.8, 4) is 0 Å². The van der Waals surface area contributed by atoms with Gasteiger partial charge in [0.15, 0.2) is 0 Å². The maximum absolute atomic E-state index is 13.0. The molecule has 2 aliphatic heterocycles. The number of carbonyl (C=O) groups is 2. The van der Waals surface area contributed by atoms with Gasteiger partial charge in [-0.15, -0.1) is 0 Å². The highest BCUT2D eigenvalue weighted by Gasteiger charge is 2.29. The van der Waals surface area contributed by atoms with E-state index in [1.807, 2.05) is 70.8 Å². The Morgan fingerprint density at radius 1 is 1.12 bits per heavy atom. The fourth-order valence-electron chi connectivity index (χ4n) is 5.52. The molecule has 5 atom stereocenters. The summed E-state index contributed by atoms with van der Waals surface area (Å²) < 4.78 is 13.8. The summed E-state index contributed by atoms with van der Waals surface area (Å²) in [6.07, 6.45) is 4.80. The first-order valence-corrected chi connectivity index (χ1v) is 14.3. The van der Waals surface area contributed by atoms with Crippen LogP contribution in [0.5, 0.6) is 0 Å². The van der Waals surface area contributed by atoms with Crippen molar-refractivity contribution in [1.82, 2.24) is 19.6 Å². The minimum atomic E-state index is -0.817. The van der Waals surface area contributed by atoms with Crippen molar-refractivity contribution >= 4 is 29.0 Å². The summed E-state index contributed by atoms with van der Waals surface area (Å²) in [6, 6.07) is 6.18. The maximum atomic E-state index is 13.0. The average Bonchev–Trinajstić information content (AvgIpc) is 3.20. The number of aryl methyl sites for hydroxylation is 2. The minimum Gasteiger partial charge on any atom is -0.457 e. The van der Waals surface area contributed by atoms with Crippen LogP contribution in [0.1, 0.15) is 51.3 Å². The molecule has 1 saturated heterocycles. The lowest BCUT2D eigenvalue weighted by Crippen LogP contribution is -2.48. The highest BCUT2D eigenvalue weighted by Crippen LogP contribution is 2.27. The van der Waals surface area contributed by atoms with E-state index in [0.717, 1.165) is 40.8 Å². The Labute approximate surface area is 237 Å². The van der Waals surface area contributed by atoms with Gasteiger partial charge in [-0.3, -0.25) is 9.48 Å². The molecule has 1 amide bonds. The largest absolute Gasteiger partial charge is 0.457 e. The molecule has 0 spiro atoms. The molecule has 1 aromatic carbocycles. The zero-order valence-electron chi connectivity index (χ0n) is 24.7. The minimum absolute atomic E-state index is 0.0193. The van der Waals surface area contributed by atoms with Crippen LogP contribution in [0.2, 0.25) is 0 Å². The standard InChI is InChI=1S/C31H44N4O5/c1-20-7-10-25(36)19-29(37)40-30(22(3)17-24-9-11-26-23(4)32-34(6)27(26)18-24)21(2)8-12-28(20)39-31(38)35-15-13-33(5)14-16-35/h8-9,11-12,17-18,20-21,25,28,30,36H,7,10,13-16,19H2,1-6H3/b12-8+,22-17+/t20-,21-,25+,28+,30-/m0/s1. The van der Waals surface area contributed by atoms with Gasteiger partial charge in [0.05, 0.1) is 23.7 Å². The number of benzene rings is 1. The fraction of sp³-hybridized carbons (Fsp3) is 0.581. The molecule has 218 valence electrons. The van der Waals surface area contributed by atoms with Crippen molar-refractivity contribution in [3.63, 3.8) is 0 Å². The summed E-state index contributed by atoms with van der Waals surface area (Å²) in [5, 5.41) is 16.2. The highest BCUT2D eigenvalue weighted by atomic mass is 16.6. The lowest BCUT2D eigenvalue weighted by molar-refractivity contribution is -0.151. The molecule has 1 fully saturated rings. The van der Waals surface area contributed by atoms with Crippen LogP contribution in [0.15, 0.2) is 35.9 Å². The van der Waals surface area contributed by atoms with Crippen LogP contribution in [0.25, 0.3) is 17.0 Å². The molecule has 0 bridgehead atoms. The van der Waals surface area contributed by atoms with E-state index in [1.165, 1.54) is 0 Å². The normalized spacial score (nSPS) is 28.5. The van der Waals surface area contributed by atoms with Crippen LogP contribution in [0, 0.1) is 18.8 Å². The van der Waals surface area contributed by atoms with Gasteiger partial charge < -0.3 is 24.4 Å². The van der Waals surface area contributed by atoms with E-state index in [4.69, 9.17) is 9.47 Å². The predicted molar refractivity (Wildman–Crippen MR) is 156 cm³/mol. The number of likely N-dealkylation sites (N-methyl/N-ethyl adjacent to an activating group) is 1. The number of carbonyl (C=O) groups excluding carboxylic acids is 2. The van der Waals surface area contributed by atoms with Crippen LogP contribution in [-0.4, -0.2) is 88.3 Å². The third kappa shape index (κ3) is 7.31. The van der Waals surface area contributed by atoms with Crippen LogP contribution >= 0.6 is 0 Å². The van der Waals surface area contributed by atoms with Crippen molar-refractivity contribution in [2.45, 2.75) is 65.3 Å². The SMILES string of the molecule is C/C(=C\c1ccc2c(C)nn(C)c2c1)[C@H]1OC(=O)C[C@H](O)CC[C@H](C)[C@H](OC(=O)N2CCN(C)CC2)/C=C/[C@@H]1C. The zero-order valence-corrected chi connectivity index (χ0v) is 24.7. The molecule has 2 aromatic rings. The summed E-state index contributed by atoms with van der Waals surface area (Å²) in [5.74, 6) is -0.625. The van der Waals surface area contributed by atoms with Crippen molar-refractivity contribution < 1.29 is 24.2 Å². The van der Waals surface area contributed by atoms with Crippen molar-refractivity contribution in [2.24, 2.45) is 18.9 Å². The van der Waals surface area contributed by atoms with Crippen molar-refractivity contribution in [3.05, 3.63) is 47.2 Å². The number of hydrogen-bond acceptors (Lipinski definition) is 7. The van der Waals surface area contributed by atoms with Gasteiger partial charge in [0.1, 0.15) is 12.2 Å². The Balaban J connectivity index is 1.58. The van der Waals surface area contributed by atoms with Crippen LogP contribution in [0.3, 0.4) is 0 Å². The number of aromatic nitrogens is 2. The van der Waals surface area contributed by atoms with Crippen LogP contribution in [0.4, 0.5) is 4.79 Å². The van der Waals surface area contributed by atoms with Gasteiger partial charge in [-0.25, -0.2) is 4.79 Å². The first-order valence-electron chi connectivity index (χ1n) is 14.3. The molecule has 4 rings (SSSR count). The van der Waals surface area contributed by atoms with Crippen molar-refractivity contribution in [2.75, 3.05) is 33.2 Å². The van der Waals surface area contributed by atoms with Gasteiger partial charge in [0.2, 0.25) is 0 Å². The number of piperazine rings is 1. The highest BCUT2D eigenvalue weighted by molar-refractivity contribution is 5.84. The number of amides is 1. The van der Waals surface area contributed by atoms with Gasteiger partial charge in [0.25, 0.3) is 0 Å². The molecule has 1 N–H and O–H groups in total. The Morgan fingerprint density at radius 3 is 2.58 bits per heavy atom. The number of fused-ring (bicyclic) bond motifs is 1. The van der Waals surface area contributed by atoms with E-state index in [9.17, 15) is 14.7 Å². The van der Waals surface area contributed by atoms with E-state index >= 15 is 0 Å². The molecule has 9 heteroatoms. The number of nitrogens with zero attached hydrogens (tertiary/aromatic N) is 4. The lowest BCUT2D eigenvalue weighted by Gasteiger charge is -2.33. The zero-order chi connectivity index (χ0) is 29.0. The summed E-state index contributed by atoms with van der Waals surface area (Å²) in [6.45, 7) is 10.9. The van der Waals surface area contributed by atoms with Gasteiger partial charge >= 0.3 is 12.1 Å². The number of cyclic esters (lactones) is 1. The molecule has 0 aliphatic carbocycles. The summed E-state index contributed by atoms with van der Waals surface area (Å²) in [5.41, 5.74) is 3.88. The quantitative estimate of drug-likeness (QED) is 0.447. The Hall–Kier alpha value is -3.17. The number of rotatable bonds is 3. The first-order chi connectivity index (χ1) is 19.0. The molecule has 40 heavy (non-hydrogen) atoms. The van der Waals surface area contributed by atoms with Crippen LogP contribution < -0.4 is 0 Å². The Morgan fingerprint density at radius 2 is 1.85 bits per heavy atom. The molecule has 9 nitrogen and oxygen atoms in total. The smallest absolute Gasteiger partial charge is 0.410 e. The average molecular weight is 553 g/mol. The number of hydrogen-bond donors (Lipinski definition) is 1. The maximum Gasteiger partial charge on any atom is 0.410 e. The number of esters is 1. The van der Waals surface area contributed by atoms with Gasteiger partial charge in [-0.05, 0) is 62.9 Å². The second-order valence-electron chi connectivity index (χ2n) is 11.6. The molecular weight excluding hydrogens is 508 g/mol. The van der Waals surface area contributed by atoms with Gasteiger partial charge in [-0.1, -0.05) is 38.1 Å². The molecule has 1 aromatic heterocycles. The molecular formula is C31H44N4O5. The van der Waals surface area contributed by atoms with E-state index in [2.05, 4.69) is 22.1 Å². The number of ether oxygens (including phenoxy) is 2. The second-order valence-corrected chi connectivity index (χ2v) is 11.6. The third-order valence-electron chi connectivity index (χ3n) is 8.16. The summed E-state index contributed by atoms with van der Waals surface area (Å²) >= 11 is 0. The molecule has 3 heterocycles. The third-order valence-corrected chi connectivity index (χ3v) is 8.16. The van der Waals surface area contributed by atoms with E-state index in [0.29, 0.717) is 25.9 Å². The number of aliphatic hydroxyl groups excluding tert-OH is 1. The molecule has 0 saturated carbocycles.